The van der Waals surface area contributed by atoms with Crippen LogP contribution in [0.4, 0.5) is 0 Å². The lowest BCUT2D eigenvalue weighted by Crippen LogP contribution is -2.25. The van der Waals surface area contributed by atoms with E-state index in [2.05, 4.69) is 47.6 Å². The highest BCUT2D eigenvalue weighted by Gasteiger charge is 2.19. The summed E-state index contributed by atoms with van der Waals surface area (Å²) in [6.07, 6.45) is 1.86. The van der Waals surface area contributed by atoms with E-state index in [1.165, 1.54) is 5.56 Å². The number of para-hydroxylation sites is 1. The van der Waals surface area contributed by atoms with Crippen LogP contribution in [0.3, 0.4) is 0 Å². The van der Waals surface area contributed by atoms with Crippen molar-refractivity contribution in [1.29, 1.82) is 0 Å². The Morgan fingerprint density at radius 3 is 2.36 bits per heavy atom. The molecule has 0 bridgehead atoms. The molecule has 3 rings (SSSR count). The van der Waals surface area contributed by atoms with Crippen LogP contribution in [0.25, 0.3) is 10.9 Å². The number of rotatable bonds is 10. The fourth-order valence-corrected chi connectivity index (χ4v) is 4.02. The molecular formula is C24H30N2O2. The summed E-state index contributed by atoms with van der Waals surface area (Å²) in [6, 6.07) is 18.5. The van der Waals surface area contributed by atoms with E-state index in [1.807, 2.05) is 30.3 Å². The molecule has 4 heteroatoms. The zero-order chi connectivity index (χ0) is 19.9. The first-order valence-electron chi connectivity index (χ1n) is 10.2. The maximum atomic E-state index is 11.6. The molecular weight excluding hydrogens is 348 g/mol. The second-order valence-electron chi connectivity index (χ2n) is 7.21. The van der Waals surface area contributed by atoms with Gasteiger partial charge in [-0.1, -0.05) is 62.4 Å². The van der Waals surface area contributed by atoms with Crippen molar-refractivity contribution in [1.82, 2.24) is 9.47 Å². The van der Waals surface area contributed by atoms with Crippen LogP contribution < -0.4 is 0 Å². The molecule has 0 radical (unpaired) electrons. The molecule has 0 aliphatic carbocycles. The summed E-state index contributed by atoms with van der Waals surface area (Å²) >= 11 is 0. The highest BCUT2D eigenvalue weighted by atomic mass is 16.4. The number of carboxylic acid groups (broad SMARTS) is 1. The molecule has 0 spiro atoms. The van der Waals surface area contributed by atoms with Gasteiger partial charge in [0.25, 0.3) is 0 Å². The number of benzene rings is 2. The van der Waals surface area contributed by atoms with Crippen molar-refractivity contribution in [2.45, 2.75) is 39.7 Å². The second-order valence-corrected chi connectivity index (χ2v) is 7.21. The van der Waals surface area contributed by atoms with Crippen LogP contribution in [0.15, 0.2) is 54.6 Å². The third-order valence-electron chi connectivity index (χ3n) is 5.49. The predicted octanol–water partition coefficient (Wildman–Crippen LogP) is 4.59. The van der Waals surface area contributed by atoms with Gasteiger partial charge in [0.15, 0.2) is 0 Å². The number of hydrogen-bond donors (Lipinski definition) is 1. The SMILES string of the molecule is CCN(CC)CCCn1c(Cc2ccccc2)c(CC(=O)O)c2ccccc21. The predicted molar refractivity (Wildman–Crippen MR) is 115 cm³/mol. The molecule has 0 aliphatic rings. The Morgan fingerprint density at radius 1 is 1.00 bits per heavy atom. The largest absolute Gasteiger partial charge is 0.481 e. The lowest BCUT2D eigenvalue weighted by atomic mass is 10.0. The third kappa shape index (κ3) is 4.63. The summed E-state index contributed by atoms with van der Waals surface area (Å²) in [5, 5.41) is 10.6. The van der Waals surface area contributed by atoms with Crippen LogP contribution in [0, 0.1) is 0 Å². The number of nitrogens with zero attached hydrogens (tertiary/aromatic N) is 2. The van der Waals surface area contributed by atoms with Gasteiger partial charge in [-0.25, -0.2) is 0 Å². The molecule has 2 aromatic carbocycles. The number of fused-ring (bicyclic) bond motifs is 1. The van der Waals surface area contributed by atoms with E-state index < -0.39 is 5.97 Å². The van der Waals surface area contributed by atoms with Crippen LogP contribution >= 0.6 is 0 Å². The van der Waals surface area contributed by atoms with E-state index >= 15 is 0 Å². The third-order valence-corrected chi connectivity index (χ3v) is 5.49. The van der Waals surface area contributed by atoms with Crippen LogP contribution in [-0.2, 0) is 24.2 Å². The Balaban J connectivity index is 2.00. The highest BCUT2D eigenvalue weighted by Crippen LogP contribution is 2.29. The minimum atomic E-state index is -0.777. The molecule has 0 aliphatic heterocycles. The first-order chi connectivity index (χ1) is 13.6. The van der Waals surface area contributed by atoms with Crippen molar-refractivity contribution in [3.05, 3.63) is 71.4 Å². The first-order valence-corrected chi connectivity index (χ1v) is 10.2. The number of hydrogen-bond acceptors (Lipinski definition) is 2. The van der Waals surface area contributed by atoms with E-state index in [9.17, 15) is 9.90 Å². The van der Waals surface area contributed by atoms with E-state index in [-0.39, 0.29) is 6.42 Å². The molecule has 1 aromatic heterocycles. The van der Waals surface area contributed by atoms with Crippen molar-refractivity contribution in [3.8, 4) is 0 Å². The minimum Gasteiger partial charge on any atom is -0.481 e. The fraction of sp³-hybridized carbons (Fsp3) is 0.375. The topological polar surface area (TPSA) is 45.5 Å². The van der Waals surface area contributed by atoms with Gasteiger partial charge in [-0.05, 0) is 43.2 Å². The first kappa shape index (κ1) is 20.2. The minimum absolute atomic E-state index is 0.0612. The van der Waals surface area contributed by atoms with Gasteiger partial charge in [0.05, 0.1) is 6.42 Å². The van der Waals surface area contributed by atoms with Crippen molar-refractivity contribution in [3.63, 3.8) is 0 Å². The molecule has 0 saturated carbocycles. The van der Waals surface area contributed by atoms with Gasteiger partial charge in [0.1, 0.15) is 0 Å². The zero-order valence-electron chi connectivity index (χ0n) is 16.9. The second kappa shape index (κ2) is 9.56. The molecule has 148 valence electrons. The Kier molecular flexibility index (Phi) is 6.88. The molecule has 28 heavy (non-hydrogen) atoms. The van der Waals surface area contributed by atoms with Crippen LogP contribution in [-0.4, -0.2) is 40.2 Å². The van der Waals surface area contributed by atoms with Crippen LogP contribution in [0.1, 0.15) is 37.1 Å². The molecule has 3 aromatic rings. The fourth-order valence-electron chi connectivity index (χ4n) is 4.02. The summed E-state index contributed by atoms with van der Waals surface area (Å²) in [5.74, 6) is -0.777. The van der Waals surface area contributed by atoms with Crippen molar-refractivity contribution in [2.24, 2.45) is 0 Å². The molecule has 0 saturated heterocycles. The monoisotopic (exact) mass is 378 g/mol. The van der Waals surface area contributed by atoms with Crippen LogP contribution in [0.5, 0.6) is 0 Å². The number of aryl methyl sites for hydroxylation is 1. The van der Waals surface area contributed by atoms with Gasteiger partial charge in [0, 0.05) is 29.6 Å². The van der Waals surface area contributed by atoms with Gasteiger partial charge in [-0.15, -0.1) is 0 Å². The smallest absolute Gasteiger partial charge is 0.307 e. The maximum Gasteiger partial charge on any atom is 0.307 e. The molecule has 0 fully saturated rings. The number of carbonyl (C=O) groups is 1. The molecule has 0 amide bonds. The van der Waals surface area contributed by atoms with Crippen molar-refractivity contribution < 1.29 is 9.90 Å². The van der Waals surface area contributed by atoms with E-state index in [0.717, 1.165) is 61.2 Å². The summed E-state index contributed by atoms with van der Waals surface area (Å²) in [7, 11) is 0. The summed E-state index contributed by atoms with van der Waals surface area (Å²) in [4.78, 5) is 14.0. The summed E-state index contributed by atoms with van der Waals surface area (Å²) < 4.78 is 2.35. The standard InChI is InChI=1S/C24H30N2O2/c1-3-25(4-2)15-10-16-26-22-14-9-8-13-20(22)21(18-24(27)28)23(26)17-19-11-6-5-7-12-19/h5-9,11-14H,3-4,10,15-18H2,1-2H3,(H,27,28). The van der Waals surface area contributed by atoms with E-state index in [4.69, 9.17) is 0 Å². The van der Waals surface area contributed by atoms with Crippen molar-refractivity contribution in [2.75, 3.05) is 19.6 Å². The molecule has 0 unspecified atom stereocenters. The van der Waals surface area contributed by atoms with E-state index in [0.29, 0.717) is 0 Å². The van der Waals surface area contributed by atoms with Crippen LogP contribution in [0.2, 0.25) is 0 Å². The average molecular weight is 379 g/mol. The van der Waals surface area contributed by atoms with Gasteiger partial charge in [-0.3, -0.25) is 4.79 Å². The van der Waals surface area contributed by atoms with E-state index in [1.54, 1.807) is 0 Å². The number of aliphatic carboxylic acids is 1. The molecule has 1 N–H and O–H groups in total. The maximum absolute atomic E-state index is 11.6. The zero-order valence-corrected chi connectivity index (χ0v) is 16.9. The Morgan fingerprint density at radius 2 is 1.68 bits per heavy atom. The van der Waals surface area contributed by atoms with Crippen molar-refractivity contribution >= 4 is 16.9 Å². The van der Waals surface area contributed by atoms with Gasteiger partial charge in [0.2, 0.25) is 0 Å². The molecule has 1 heterocycles. The Hall–Kier alpha value is -2.59. The molecule has 0 atom stereocenters. The highest BCUT2D eigenvalue weighted by molar-refractivity contribution is 5.89. The normalized spacial score (nSPS) is 11.4. The van der Waals surface area contributed by atoms with Gasteiger partial charge < -0.3 is 14.6 Å². The summed E-state index contributed by atoms with van der Waals surface area (Å²) in [6.45, 7) is 8.46. The quantitative estimate of drug-likeness (QED) is 0.561. The Labute approximate surface area is 167 Å². The lowest BCUT2D eigenvalue weighted by Gasteiger charge is -2.19. The average Bonchev–Trinajstić information content (AvgIpc) is 2.98. The van der Waals surface area contributed by atoms with Gasteiger partial charge >= 0.3 is 5.97 Å². The molecule has 4 nitrogen and oxygen atoms in total. The number of aromatic nitrogens is 1. The Bertz CT molecular complexity index is 911. The van der Waals surface area contributed by atoms with Gasteiger partial charge in [-0.2, -0.15) is 0 Å². The number of carboxylic acids is 1. The summed E-state index contributed by atoms with van der Waals surface area (Å²) in [5.41, 5.74) is 4.44. The lowest BCUT2D eigenvalue weighted by molar-refractivity contribution is -0.136.